The number of ether oxygens (including phenoxy) is 10. The molecule has 11 atom stereocenters. The Morgan fingerprint density at radius 2 is 0.696 bits per heavy atom. The van der Waals surface area contributed by atoms with Gasteiger partial charge < -0.3 is 47.4 Å². The third kappa shape index (κ3) is 20.3. The molecular formula is C75H92F12O15. The van der Waals surface area contributed by atoms with Crippen molar-refractivity contribution in [1.82, 2.24) is 0 Å². The van der Waals surface area contributed by atoms with Gasteiger partial charge in [0, 0.05) is 62.7 Å². The smallest absolute Gasteiger partial charge is 0.432 e. The summed E-state index contributed by atoms with van der Waals surface area (Å²) in [5.74, 6) is -8.41. The number of unbranched alkanes of at least 4 members (excludes halogenated alkanes) is 13. The quantitative estimate of drug-likeness (QED) is 0.0177. The lowest BCUT2D eigenvalue weighted by Crippen LogP contribution is -2.54. The number of rotatable bonds is 42. The lowest BCUT2D eigenvalue weighted by molar-refractivity contribution is -0.282. The maximum atomic E-state index is 15.6. The van der Waals surface area contributed by atoms with E-state index >= 15 is 39.5 Å². The molecule has 0 radical (unpaired) electrons. The van der Waals surface area contributed by atoms with E-state index < -0.39 is 155 Å². The normalized spacial score (nSPS) is 19.5. The van der Waals surface area contributed by atoms with Gasteiger partial charge in [0.05, 0.1) is 12.2 Å². The van der Waals surface area contributed by atoms with Crippen LogP contribution in [-0.4, -0.2) is 126 Å². The minimum atomic E-state index is -5.54. The third-order valence-corrected chi connectivity index (χ3v) is 18.8. The molecule has 27 heteroatoms. The van der Waals surface area contributed by atoms with Crippen LogP contribution >= 0.6 is 0 Å². The summed E-state index contributed by atoms with van der Waals surface area (Å²) in [5, 5.41) is 0. The maximum Gasteiger partial charge on any atom is 0.432 e. The average Bonchev–Trinajstić information content (AvgIpc) is 0.837. The monoisotopic (exact) mass is 1460 g/mol. The van der Waals surface area contributed by atoms with Crippen LogP contribution in [0.25, 0.3) is 0 Å². The molecule has 0 saturated carbocycles. The summed E-state index contributed by atoms with van der Waals surface area (Å²) in [4.78, 5) is 70.0. The maximum absolute atomic E-state index is 15.6. The first-order valence-electron chi connectivity index (χ1n) is 34.5. The number of halogens is 12. The number of esters is 5. The van der Waals surface area contributed by atoms with Crippen molar-refractivity contribution in [2.24, 2.45) is 0 Å². The summed E-state index contributed by atoms with van der Waals surface area (Å²) >= 11 is 0. The summed E-state index contributed by atoms with van der Waals surface area (Å²) in [6.07, 6.45) is -22.9. The number of benzene rings is 4. The molecule has 0 spiro atoms. The molecule has 0 aromatic heterocycles. The minimum Gasteiger partial charge on any atom is -0.460 e. The molecule has 0 unspecified atom stereocenters. The largest absolute Gasteiger partial charge is 0.460 e. The predicted octanol–water partition coefficient (Wildman–Crippen LogP) is 17.7. The molecule has 6 rings (SSSR count). The van der Waals surface area contributed by atoms with Gasteiger partial charge in [-0.1, -0.05) is 205 Å². The highest BCUT2D eigenvalue weighted by atomic mass is 19.4. The number of hydrogen-bond donors (Lipinski definition) is 0. The summed E-state index contributed by atoms with van der Waals surface area (Å²) < 4.78 is 239. The predicted molar refractivity (Wildman–Crippen MR) is 348 cm³/mol. The van der Waals surface area contributed by atoms with Gasteiger partial charge in [0.2, 0.25) is 0 Å². The Bertz CT molecular complexity index is 3270. The highest BCUT2D eigenvalue weighted by Gasteiger charge is 2.68. The van der Waals surface area contributed by atoms with E-state index in [9.17, 15) is 37.1 Å². The first kappa shape index (κ1) is 83.9. The lowest BCUT2D eigenvalue weighted by Gasteiger charge is -2.36. The number of alkyl halides is 12. The Morgan fingerprint density at radius 1 is 0.402 bits per heavy atom. The van der Waals surface area contributed by atoms with E-state index in [-0.39, 0.29) is 76.2 Å². The molecule has 1 fully saturated rings. The van der Waals surface area contributed by atoms with E-state index in [0.29, 0.717) is 47.7 Å². The fourth-order valence-electron chi connectivity index (χ4n) is 13.3. The van der Waals surface area contributed by atoms with E-state index in [1.165, 1.54) is 78.9 Å². The zero-order valence-electron chi connectivity index (χ0n) is 58.1. The van der Waals surface area contributed by atoms with Gasteiger partial charge in [-0.25, -0.2) is 24.0 Å². The molecule has 1 saturated heterocycles. The second-order valence-electron chi connectivity index (χ2n) is 25.6. The first-order chi connectivity index (χ1) is 48.4. The van der Waals surface area contributed by atoms with Crippen LogP contribution in [0.4, 0.5) is 52.7 Å². The fourth-order valence-corrected chi connectivity index (χ4v) is 13.3. The van der Waals surface area contributed by atoms with Crippen molar-refractivity contribution < 1.29 is 124 Å². The van der Waals surface area contributed by atoms with Crippen molar-refractivity contribution in [3.8, 4) is 0 Å². The second-order valence-corrected chi connectivity index (χ2v) is 25.6. The number of cyclic esters (lactones) is 1. The second kappa shape index (κ2) is 38.1. The molecule has 2 aliphatic rings. The van der Waals surface area contributed by atoms with Gasteiger partial charge in [0.1, 0.15) is 30.5 Å². The van der Waals surface area contributed by atoms with Crippen LogP contribution in [0.5, 0.6) is 0 Å². The van der Waals surface area contributed by atoms with Crippen molar-refractivity contribution in [3.63, 3.8) is 0 Å². The Kier molecular flexibility index (Phi) is 31.3. The molecule has 4 aromatic rings. The molecule has 0 bridgehead atoms. The average molecular weight is 1460 g/mol. The van der Waals surface area contributed by atoms with Crippen LogP contribution in [0.1, 0.15) is 184 Å². The molecule has 102 heavy (non-hydrogen) atoms. The van der Waals surface area contributed by atoms with Gasteiger partial charge in [-0.2, -0.15) is 52.7 Å². The molecule has 2 aliphatic heterocycles. The molecule has 566 valence electrons. The van der Waals surface area contributed by atoms with Gasteiger partial charge >= 0.3 is 54.6 Å². The zero-order chi connectivity index (χ0) is 75.0. The third-order valence-electron chi connectivity index (χ3n) is 18.8. The number of hydrogen-bond acceptors (Lipinski definition) is 15. The minimum absolute atomic E-state index is 0.0422. The SMILES string of the molecule is CCCCCCCCCCCC[C@@H](OC(=O)[C@@](OC)(c1ccccc1)C(F)(F)F)[C@H]1CC[C@H]([C@@H](CC[C@@H](CCCCCCC[C@H](CC2=C[C@H](C)OC2=O)OC(=O)[C@@](OC)(c2ccccc2)C(F)(F)F)OC(=O)[C@@](OC)(c2ccccc2)C(F)(F)F)OC(=O)[C@@](OC)(c2ccccc2)C(F)(F)F)O1. The Labute approximate surface area is 586 Å². The van der Waals surface area contributed by atoms with Crippen LogP contribution in [0, 0.1) is 0 Å². The van der Waals surface area contributed by atoms with Crippen molar-refractivity contribution >= 4 is 29.8 Å². The summed E-state index contributed by atoms with van der Waals surface area (Å²) in [5.41, 5.74) is -17.4. The first-order valence-corrected chi connectivity index (χ1v) is 34.5. The Morgan fingerprint density at radius 3 is 1.01 bits per heavy atom. The van der Waals surface area contributed by atoms with Crippen molar-refractivity contribution in [2.45, 2.75) is 251 Å². The van der Waals surface area contributed by atoms with E-state index in [1.54, 1.807) is 6.92 Å². The summed E-state index contributed by atoms with van der Waals surface area (Å²) in [7, 11) is 2.63. The van der Waals surface area contributed by atoms with Gasteiger partial charge in [0.15, 0.2) is 0 Å². The lowest BCUT2D eigenvalue weighted by atomic mass is 9.92. The number of carbonyl (C=O) groups is 5. The summed E-state index contributed by atoms with van der Waals surface area (Å²) in [6, 6.07) is 23.5. The van der Waals surface area contributed by atoms with Crippen LogP contribution in [0.3, 0.4) is 0 Å². The van der Waals surface area contributed by atoms with Crippen LogP contribution < -0.4 is 0 Å². The van der Waals surface area contributed by atoms with Gasteiger partial charge in [0.25, 0.3) is 22.4 Å². The van der Waals surface area contributed by atoms with Gasteiger partial charge in [-0.05, 0) is 77.2 Å². The van der Waals surface area contributed by atoms with E-state index in [0.717, 1.165) is 93.5 Å². The highest BCUT2D eigenvalue weighted by molar-refractivity contribution is 5.91. The van der Waals surface area contributed by atoms with Crippen molar-refractivity contribution in [1.29, 1.82) is 0 Å². The van der Waals surface area contributed by atoms with E-state index in [1.807, 2.05) is 0 Å². The molecule has 0 N–H and O–H groups in total. The molecule has 0 amide bonds. The molecule has 0 aliphatic carbocycles. The molecular weight excluding hydrogens is 1370 g/mol. The molecule has 15 nitrogen and oxygen atoms in total. The molecule has 4 aromatic carbocycles. The van der Waals surface area contributed by atoms with Crippen LogP contribution in [-0.2, 0) is 93.7 Å². The van der Waals surface area contributed by atoms with E-state index in [4.69, 9.17) is 47.4 Å². The highest BCUT2D eigenvalue weighted by Crippen LogP contribution is 2.49. The number of carbonyl (C=O) groups excluding carboxylic acids is 5. The fraction of sp³-hybridized carbons (Fsp3) is 0.587. The van der Waals surface area contributed by atoms with Gasteiger partial charge in [-0.3, -0.25) is 0 Å². The van der Waals surface area contributed by atoms with Crippen molar-refractivity contribution in [2.75, 3.05) is 28.4 Å². The zero-order valence-corrected chi connectivity index (χ0v) is 58.1. The standard InChI is InChI=1S/C75H92F12O15/c1-7-8-9-10-11-12-13-14-18-33-44-59(101-66(91)70(95-5,74(82,83)84)55-38-27-21-28-39-55)60-47-48-61(100-60)62(102-67(92)71(96-6,75(85,86)87)56-40-29-22-30-41-56)46-45-57(98-64(89)68(93-3,72(76,77)78)53-34-23-19-24-35-53)42-31-16-15-17-32-43-58(50-52-49-51(2)97-63(52)88)99-65(90)69(94-4,73(79,80)81)54-36-25-20-26-37-54/h19-30,34-41,49,51,57-62H,7-18,31-33,42-48,50H2,1-6H3/t51-,57+,58+,59+,60+,61+,62+,68-,69-,70-,71-/m0/s1. The van der Waals surface area contributed by atoms with Crippen molar-refractivity contribution in [3.05, 3.63) is 155 Å². The van der Waals surface area contributed by atoms with Gasteiger partial charge in [-0.15, -0.1) is 0 Å². The summed E-state index contributed by atoms with van der Waals surface area (Å²) in [6.45, 7) is 3.65. The number of methoxy groups -OCH3 is 4. The Hall–Kier alpha value is -7.07. The van der Waals surface area contributed by atoms with Crippen LogP contribution in [0.2, 0.25) is 0 Å². The van der Waals surface area contributed by atoms with E-state index in [2.05, 4.69) is 6.92 Å². The van der Waals surface area contributed by atoms with Crippen LogP contribution in [0.15, 0.2) is 133 Å². The topological polar surface area (TPSA) is 178 Å². The Balaban J connectivity index is 1.31. The molecule has 2 heterocycles.